The molecule has 226 valence electrons. The Morgan fingerprint density at radius 3 is 2.62 bits per heavy atom. The van der Waals surface area contributed by atoms with Crippen molar-refractivity contribution in [1.82, 2.24) is 24.6 Å². The molecule has 1 fully saturated rings. The molecule has 1 aliphatic rings. The molecule has 3 aromatic rings. The Hall–Kier alpha value is -3.60. The van der Waals surface area contributed by atoms with Gasteiger partial charge in [0.15, 0.2) is 23.2 Å². The zero-order chi connectivity index (χ0) is 30.8. The fraction of sp³-hybridized carbons (Fsp3) is 0.481. The molecule has 42 heavy (non-hydrogen) atoms. The zero-order valence-electron chi connectivity index (χ0n) is 24.1. The van der Waals surface area contributed by atoms with Crippen LogP contribution in [0.15, 0.2) is 36.7 Å². The van der Waals surface area contributed by atoms with Crippen LogP contribution in [0.5, 0.6) is 5.75 Å². The van der Waals surface area contributed by atoms with Crippen molar-refractivity contribution in [3.8, 4) is 18.1 Å². The minimum Gasteiger partial charge on any atom is -0.462 e. The molecule has 0 radical (unpaired) electrons. The number of hydrogen-bond donors (Lipinski definition) is 2. The molecule has 0 saturated carbocycles. The highest BCUT2D eigenvalue weighted by Gasteiger charge is 2.58. The molecule has 6 atom stereocenters. The molecule has 0 amide bonds. The fourth-order valence-corrected chi connectivity index (χ4v) is 5.81. The number of rotatable bonds is 11. The van der Waals surface area contributed by atoms with Gasteiger partial charge in [0.25, 0.3) is 0 Å². The van der Waals surface area contributed by atoms with Crippen molar-refractivity contribution in [3.63, 3.8) is 0 Å². The molecular formula is C27H34FN6O7P. The summed E-state index contributed by atoms with van der Waals surface area (Å²) in [5.74, 6) is 2.37. The number of terminal acetylenes is 1. The summed E-state index contributed by atoms with van der Waals surface area (Å²) in [5, 5.41) is 13.5. The Balaban J connectivity index is 1.61. The van der Waals surface area contributed by atoms with Gasteiger partial charge in [-0.25, -0.2) is 23.9 Å². The van der Waals surface area contributed by atoms with E-state index in [1.54, 1.807) is 58.0 Å². The van der Waals surface area contributed by atoms with Gasteiger partial charge in [0.05, 0.1) is 19.0 Å². The van der Waals surface area contributed by atoms with Gasteiger partial charge in [0.2, 0.25) is 5.67 Å². The lowest BCUT2D eigenvalue weighted by Crippen LogP contribution is -2.42. The smallest absolute Gasteiger partial charge is 0.459 e. The highest BCUT2D eigenvalue weighted by atomic mass is 31.2. The first kappa shape index (κ1) is 31.3. The number of hydrogen-bond acceptors (Lipinski definition) is 11. The molecule has 3 heterocycles. The number of aliphatic hydroxyl groups is 1. The number of alkyl halides is 1. The van der Waals surface area contributed by atoms with Gasteiger partial charge < -0.3 is 24.0 Å². The zero-order valence-corrected chi connectivity index (χ0v) is 25.0. The van der Waals surface area contributed by atoms with E-state index in [1.807, 2.05) is 5.92 Å². The first-order valence-corrected chi connectivity index (χ1v) is 14.7. The maximum Gasteiger partial charge on any atom is 0.459 e. The van der Waals surface area contributed by atoms with E-state index < -0.39 is 56.6 Å². The number of nitrogens with zero attached hydrogens (tertiary/aromatic N) is 5. The first-order chi connectivity index (χ1) is 19.8. The summed E-state index contributed by atoms with van der Waals surface area (Å²) < 4.78 is 53.7. The number of benzene rings is 1. The van der Waals surface area contributed by atoms with E-state index in [9.17, 15) is 14.5 Å². The number of carbonyl (C=O) groups excluding carboxylic acids is 1. The molecule has 2 aromatic heterocycles. The fourth-order valence-electron chi connectivity index (χ4n) is 4.31. The van der Waals surface area contributed by atoms with Gasteiger partial charge in [-0.1, -0.05) is 24.1 Å². The van der Waals surface area contributed by atoms with Gasteiger partial charge in [-0.05, 0) is 39.8 Å². The summed E-state index contributed by atoms with van der Waals surface area (Å²) in [6.45, 7) is 5.81. The number of aliphatic hydroxyl groups excluding tert-OH is 1. The van der Waals surface area contributed by atoms with Crippen LogP contribution in [0.2, 0.25) is 0 Å². The number of aryl methyl sites for hydroxylation is 1. The number of carbonyl (C=O) groups is 1. The summed E-state index contributed by atoms with van der Waals surface area (Å²) in [6.07, 6.45) is 1.57. The quantitative estimate of drug-likeness (QED) is 0.188. The van der Waals surface area contributed by atoms with Crippen molar-refractivity contribution in [2.45, 2.75) is 63.9 Å². The standard InChI is InChI=1S/C27H34FN6O7P/c1-8-27(28)22(35)20(40-26(27)34-15-29-21-23(33(6)7)30-18(5)31-24(21)34)14-38-42(37,41-19-12-10-9-11-13-19)32-17(4)25(36)39-16(2)3/h1,9-13,15-17,20,22,26,35H,14H2,2-7H3,(H,32,37)/t17-,20+,22+,26+,27+,42-/m0/s1. The number of nitrogens with one attached hydrogen (secondary N) is 1. The van der Waals surface area contributed by atoms with Crippen molar-refractivity contribution in [2.75, 3.05) is 25.6 Å². The maximum absolute atomic E-state index is 16.3. The summed E-state index contributed by atoms with van der Waals surface area (Å²) >= 11 is 0. The van der Waals surface area contributed by atoms with Crippen LogP contribution in [-0.2, 0) is 23.4 Å². The molecule has 0 bridgehead atoms. The largest absolute Gasteiger partial charge is 0.462 e. The van der Waals surface area contributed by atoms with Gasteiger partial charge >= 0.3 is 13.7 Å². The normalized spacial score (nSPS) is 24.2. The Morgan fingerprint density at radius 2 is 2.00 bits per heavy atom. The highest BCUT2D eigenvalue weighted by molar-refractivity contribution is 7.52. The number of anilines is 1. The third kappa shape index (κ3) is 6.40. The second-order valence-corrected chi connectivity index (χ2v) is 11.9. The Morgan fingerprint density at radius 1 is 1.31 bits per heavy atom. The number of fused-ring (bicyclic) bond motifs is 1. The van der Waals surface area contributed by atoms with Crippen LogP contribution in [0.1, 0.15) is 32.8 Å². The number of aromatic nitrogens is 4. The van der Waals surface area contributed by atoms with Crippen LogP contribution in [0.3, 0.4) is 0 Å². The third-order valence-electron chi connectivity index (χ3n) is 6.29. The Labute approximate surface area is 242 Å². The summed E-state index contributed by atoms with van der Waals surface area (Å²) in [6, 6.07) is 6.99. The van der Waals surface area contributed by atoms with Gasteiger partial charge in [0, 0.05) is 14.1 Å². The molecule has 2 N–H and O–H groups in total. The number of ether oxygens (including phenoxy) is 2. The van der Waals surface area contributed by atoms with Gasteiger partial charge in [0.1, 0.15) is 29.8 Å². The van der Waals surface area contributed by atoms with E-state index in [0.29, 0.717) is 17.2 Å². The first-order valence-electron chi connectivity index (χ1n) is 13.1. The molecule has 0 aliphatic carbocycles. The Kier molecular flexibility index (Phi) is 9.20. The maximum atomic E-state index is 16.3. The highest BCUT2D eigenvalue weighted by Crippen LogP contribution is 2.48. The van der Waals surface area contributed by atoms with E-state index in [1.165, 1.54) is 30.0 Å². The lowest BCUT2D eigenvalue weighted by atomic mass is 9.97. The molecule has 0 unspecified atom stereocenters. The topological polar surface area (TPSA) is 150 Å². The summed E-state index contributed by atoms with van der Waals surface area (Å²) in [5.41, 5.74) is -2.14. The van der Waals surface area contributed by atoms with E-state index in [-0.39, 0.29) is 11.4 Å². The van der Waals surface area contributed by atoms with E-state index in [0.717, 1.165) is 0 Å². The number of halogens is 1. The number of para-hydroxylation sites is 1. The predicted octanol–water partition coefficient (Wildman–Crippen LogP) is 2.93. The van der Waals surface area contributed by atoms with Crippen LogP contribution in [-0.4, -0.2) is 81.3 Å². The average Bonchev–Trinajstić information content (AvgIpc) is 3.45. The van der Waals surface area contributed by atoms with Crippen molar-refractivity contribution in [1.29, 1.82) is 0 Å². The van der Waals surface area contributed by atoms with Crippen LogP contribution in [0.25, 0.3) is 11.2 Å². The van der Waals surface area contributed by atoms with Crippen LogP contribution >= 0.6 is 7.75 Å². The minimum absolute atomic E-state index is 0.170. The van der Waals surface area contributed by atoms with Crippen molar-refractivity contribution in [3.05, 3.63) is 42.5 Å². The predicted molar refractivity (Wildman–Crippen MR) is 151 cm³/mol. The van der Waals surface area contributed by atoms with Crippen LogP contribution in [0, 0.1) is 19.3 Å². The van der Waals surface area contributed by atoms with Crippen molar-refractivity contribution >= 4 is 30.7 Å². The molecule has 1 aromatic carbocycles. The third-order valence-corrected chi connectivity index (χ3v) is 7.94. The van der Waals surface area contributed by atoms with Gasteiger partial charge in [-0.15, -0.1) is 6.42 Å². The summed E-state index contributed by atoms with van der Waals surface area (Å²) in [4.78, 5) is 27.2. The molecule has 0 spiro atoms. The SMILES string of the molecule is C#C[C@@]1(F)[C@H](O)[C@@H](CO[P@@](=O)(N[C@@H](C)C(=O)OC(C)C)Oc2ccccc2)O[C@H]1n1cnc2c(N(C)C)nc(C)nc21. The molecule has 15 heteroatoms. The van der Waals surface area contributed by atoms with E-state index in [2.05, 4.69) is 20.0 Å². The molecule has 1 saturated heterocycles. The lowest BCUT2D eigenvalue weighted by Gasteiger charge is -2.25. The van der Waals surface area contributed by atoms with Crippen molar-refractivity contribution in [2.24, 2.45) is 0 Å². The lowest BCUT2D eigenvalue weighted by molar-refractivity contribution is -0.149. The molecule has 13 nitrogen and oxygen atoms in total. The second-order valence-electron chi connectivity index (χ2n) is 10.2. The molecular weight excluding hydrogens is 570 g/mol. The van der Waals surface area contributed by atoms with E-state index in [4.69, 9.17) is 24.9 Å². The monoisotopic (exact) mass is 604 g/mol. The van der Waals surface area contributed by atoms with E-state index >= 15 is 4.39 Å². The van der Waals surface area contributed by atoms with Crippen LogP contribution in [0.4, 0.5) is 10.2 Å². The second kappa shape index (κ2) is 12.3. The minimum atomic E-state index is -4.33. The van der Waals surface area contributed by atoms with Gasteiger partial charge in [-0.2, -0.15) is 5.09 Å². The summed E-state index contributed by atoms with van der Waals surface area (Å²) in [7, 11) is -0.778. The average molecular weight is 605 g/mol. The van der Waals surface area contributed by atoms with Gasteiger partial charge in [-0.3, -0.25) is 13.9 Å². The molecule has 4 rings (SSSR count). The van der Waals surface area contributed by atoms with Crippen molar-refractivity contribution < 1.29 is 37.4 Å². The number of esters is 1. The molecule has 1 aliphatic heterocycles. The Bertz CT molecular complexity index is 1510. The number of imidazole rings is 1. The van der Waals surface area contributed by atoms with Crippen LogP contribution < -0.4 is 14.5 Å².